The monoisotopic (exact) mass is 197 g/mol. The number of carbonyl (C=O) groups excluding carboxylic acids is 1. The lowest BCUT2D eigenvalue weighted by Gasteiger charge is -2.11. The van der Waals surface area contributed by atoms with Gasteiger partial charge in [0.2, 0.25) is 5.91 Å². The smallest absolute Gasteiger partial charge is 0.268 e. The van der Waals surface area contributed by atoms with Gasteiger partial charge in [0.15, 0.2) is 0 Å². The molecule has 74 valence electrons. The molecule has 1 atom stereocenters. The van der Waals surface area contributed by atoms with Gasteiger partial charge in [-0.1, -0.05) is 30.3 Å². The van der Waals surface area contributed by atoms with Crippen molar-refractivity contribution in [2.75, 3.05) is 0 Å². The van der Waals surface area contributed by atoms with Gasteiger partial charge >= 0.3 is 0 Å². The standard InChI is InChI=1S/C10H9F2NO/c11-10(12)6-9(10,8(13)14)7-4-2-1-3-5-7/h1-5H,6H2,(H2,13,14)/t9-/m0/s1. The third-order valence-corrected chi connectivity index (χ3v) is 2.67. The molecule has 1 amide bonds. The van der Waals surface area contributed by atoms with E-state index < -0.39 is 23.7 Å². The van der Waals surface area contributed by atoms with E-state index in [1.165, 1.54) is 12.1 Å². The van der Waals surface area contributed by atoms with Crippen molar-refractivity contribution >= 4 is 5.91 Å². The molecule has 1 aromatic rings. The van der Waals surface area contributed by atoms with E-state index in [1.807, 2.05) is 0 Å². The Morgan fingerprint density at radius 3 is 2.14 bits per heavy atom. The fraction of sp³-hybridized carbons (Fsp3) is 0.300. The minimum Gasteiger partial charge on any atom is -0.369 e. The van der Waals surface area contributed by atoms with Crippen LogP contribution in [-0.4, -0.2) is 11.8 Å². The summed E-state index contributed by atoms with van der Waals surface area (Å²) in [6.07, 6.45) is -0.473. The molecule has 14 heavy (non-hydrogen) atoms. The van der Waals surface area contributed by atoms with Gasteiger partial charge in [-0.3, -0.25) is 4.79 Å². The summed E-state index contributed by atoms with van der Waals surface area (Å²) in [6, 6.07) is 7.96. The Morgan fingerprint density at radius 2 is 1.79 bits per heavy atom. The lowest BCUT2D eigenvalue weighted by atomic mass is 9.95. The van der Waals surface area contributed by atoms with Gasteiger partial charge in [-0.2, -0.15) is 0 Å². The van der Waals surface area contributed by atoms with E-state index >= 15 is 0 Å². The first-order valence-corrected chi connectivity index (χ1v) is 4.24. The van der Waals surface area contributed by atoms with Gasteiger partial charge in [0.25, 0.3) is 5.92 Å². The van der Waals surface area contributed by atoms with Crippen LogP contribution in [0.15, 0.2) is 30.3 Å². The Hall–Kier alpha value is -1.45. The van der Waals surface area contributed by atoms with Crippen LogP contribution < -0.4 is 5.73 Å². The van der Waals surface area contributed by atoms with Crippen molar-refractivity contribution in [1.82, 2.24) is 0 Å². The van der Waals surface area contributed by atoms with Crippen LogP contribution >= 0.6 is 0 Å². The van der Waals surface area contributed by atoms with Gasteiger partial charge in [-0.05, 0) is 5.56 Å². The summed E-state index contributed by atoms with van der Waals surface area (Å²) in [7, 11) is 0. The second kappa shape index (κ2) is 2.53. The van der Waals surface area contributed by atoms with Crippen LogP contribution in [-0.2, 0) is 10.2 Å². The number of primary amides is 1. The van der Waals surface area contributed by atoms with Gasteiger partial charge in [0.1, 0.15) is 5.41 Å². The van der Waals surface area contributed by atoms with Gasteiger partial charge in [-0.25, -0.2) is 8.78 Å². The average Bonchev–Trinajstić information content (AvgIpc) is 2.72. The second-order valence-corrected chi connectivity index (χ2v) is 3.52. The first-order chi connectivity index (χ1) is 6.51. The third kappa shape index (κ3) is 0.967. The Labute approximate surface area is 79.7 Å². The molecule has 0 aromatic heterocycles. The molecule has 0 radical (unpaired) electrons. The molecular formula is C10H9F2NO. The minimum absolute atomic E-state index is 0.303. The number of benzene rings is 1. The molecule has 0 saturated heterocycles. The van der Waals surface area contributed by atoms with E-state index in [2.05, 4.69) is 0 Å². The van der Waals surface area contributed by atoms with Gasteiger partial charge < -0.3 is 5.73 Å². The zero-order chi connectivity index (χ0) is 10.4. The Kier molecular flexibility index (Phi) is 1.65. The molecule has 1 fully saturated rings. The van der Waals surface area contributed by atoms with Crippen molar-refractivity contribution in [2.45, 2.75) is 17.8 Å². The summed E-state index contributed by atoms with van der Waals surface area (Å²) >= 11 is 0. The molecule has 1 saturated carbocycles. The van der Waals surface area contributed by atoms with Gasteiger partial charge in [0, 0.05) is 6.42 Å². The predicted molar refractivity (Wildman–Crippen MR) is 46.9 cm³/mol. The van der Waals surface area contributed by atoms with Crippen LogP contribution in [0.25, 0.3) is 0 Å². The lowest BCUT2D eigenvalue weighted by molar-refractivity contribution is -0.122. The van der Waals surface area contributed by atoms with Crippen LogP contribution in [0.1, 0.15) is 12.0 Å². The van der Waals surface area contributed by atoms with Crippen LogP contribution in [0.2, 0.25) is 0 Å². The molecular weight excluding hydrogens is 188 g/mol. The molecule has 1 aliphatic rings. The summed E-state index contributed by atoms with van der Waals surface area (Å²) in [5.74, 6) is -3.94. The molecule has 2 N–H and O–H groups in total. The number of halogens is 2. The molecule has 4 heteroatoms. The van der Waals surface area contributed by atoms with E-state index in [-0.39, 0.29) is 0 Å². The van der Waals surface area contributed by atoms with Gasteiger partial charge in [-0.15, -0.1) is 0 Å². The molecule has 0 aliphatic heterocycles. The van der Waals surface area contributed by atoms with E-state index in [0.717, 1.165) is 0 Å². The summed E-state index contributed by atoms with van der Waals surface area (Å²) in [4.78, 5) is 11.0. The number of nitrogens with two attached hydrogens (primary N) is 1. The third-order valence-electron chi connectivity index (χ3n) is 2.67. The fourth-order valence-electron chi connectivity index (χ4n) is 1.73. The van der Waals surface area contributed by atoms with Crippen LogP contribution in [0.3, 0.4) is 0 Å². The number of rotatable bonds is 2. The number of alkyl halides is 2. The quantitative estimate of drug-likeness (QED) is 0.766. The molecule has 1 aliphatic carbocycles. The first-order valence-electron chi connectivity index (χ1n) is 4.24. The molecule has 0 unspecified atom stereocenters. The van der Waals surface area contributed by atoms with Crippen molar-refractivity contribution < 1.29 is 13.6 Å². The highest BCUT2D eigenvalue weighted by molar-refractivity contribution is 5.92. The minimum atomic E-state index is -2.99. The van der Waals surface area contributed by atoms with Crippen LogP contribution in [0.5, 0.6) is 0 Å². The maximum absolute atomic E-state index is 13.1. The van der Waals surface area contributed by atoms with Gasteiger partial charge in [0.05, 0.1) is 0 Å². The lowest BCUT2D eigenvalue weighted by Crippen LogP contribution is -2.33. The highest BCUT2D eigenvalue weighted by Gasteiger charge is 2.75. The Balaban J connectivity index is 2.47. The van der Waals surface area contributed by atoms with Crippen molar-refractivity contribution in [1.29, 1.82) is 0 Å². The van der Waals surface area contributed by atoms with Crippen molar-refractivity contribution in [3.05, 3.63) is 35.9 Å². The normalized spacial score (nSPS) is 28.4. The molecule has 2 nitrogen and oxygen atoms in total. The van der Waals surface area contributed by atoms with Crippen LogP contribution in [0.4, 0.5) is 8.78 Å². The predicted octanol–water partition coefficient (Wildman–Crippen LogP) is 1.45. The molecule has 0 heterocycles. The molecule has 2 rings (SSSR count). The number of hydrogen-bond donors (Lipinski definition) is 1. The summed E-state index contributed by atoms with van der Waals surface area (Å²) in [5, 5.41) is 0. The maximum atomic E-state index is 13.1. The Morgan fingerprint density at radius 1 is 1.29 bits per heavy atom. The largest absolute Gasteiger partial charge is 0.369 e. The Bertz CT molecular complexity index is 377. The number of carbonyl (C=O) groups is 1. The van der Waals surface area contributed by atoms with E-state index in [9.17, 15) is 13.6 Å². The van der Waals surface area contributed by atoms with Crippen LogP contribution in [0, 0.1) is 0 Å². The summed E-state index contributed by atoms with van der Waals surface area (Å²) in [6.45, 7) is 0. The summed E-state index contributed by atoms with van der Waals surface area (Å²) < 4.78 is 26.2. The highest BCUT2D eigenvalue weighted by atomic mass is 19.3. The van der Waals surface area contributed by atoms with Crippen molar-refractivity contribution in [3.63, 3.8) is 0 Å². The first kappa shape index (κ1) is 9.12. The van der Waals surface area contributed by atoms with E-state index in [0.29, 0.717) is 5.56 Å². The fourth-order valence-corrected chi connectivity index (χ4v) is 1.73. The maximum Gasteiger partial charge on any atom is 0.268 e. The SMILES string of the molecule is NC(=O)[C@@]1(c2ccccc2)CC1(F)F. The van der Waals surface area contributed by atoms with Crippen molar-refractivity contribution in [2.24, 2.45) is 5.73 Å². The van der Waals surface area contributed by atoms with Crippen molar-refractivity contribution in [3.8, 4) is 0 Å². The molecule has 1 aromatic carbocycles. The van der Waals surface area contributed by atoms with E-state index in [1.54, 1.807) is 18.2 Å². The summed E-state index contributed by atoms with van der Waals surface area (Å²) in [5.41, 5.74) is 3.57. The zero-order valence-electron chi connectivity index (χ0n) is 7.34. The highest BCUT2D eigenvalue weighted by Crippen LogP contribution is 2.61. The topological polar surface area (TPSA) is 43.1 Å². The average molecular weight is 197 g/mol. The number of amides is 1. The second-order valence-electron chi connectivity index (χ2n) is 3.52. The molecule has 0 bridgehead atoms. The molecule has 0 spiro atoms. The van der Waals surface area contributed by atoms with E-state index in [4.69, 9.17) is 5.73 Å². The zero-order valence-corrected chi connectivity index (χ0v) is 7.34. The number of hydrogen-bond acceptors (Lipinski definition) is 1.